The van der Waals surface area contributed by atoms with Gasteiger partial charge in [0, 0.05) is 25.4 Å². The molecule has 3 N–H and O–H groups in total. The van der Waals surface area contributed by atoms with Crippen LogP contribution in [0.2, 0.25) is 0 Å². The van der Waals surface area contributed by atoms with Crippen molar-refractivity contribution in [3.63, 3.8) is 0 Å². The molecular formula is C13H23NO4S. The molecule has 1 aromatic heterocycles. The molecule has 0 saturated carbocycles. The first-order valence-corrected chi connectivity index (χ1v) is 7.66. The van der Waals surface area contributed by atoms with Gasteiger partial charge in [-0.05, 0) is 24.3 Å². The topological polar surface area (TPSA) is 74.9 Å². The Morgan fingerprint density at radius 3 is 3.05 bits per heavy atom. The van der Waals surface area contributed by atoms with Crippen LogP contribution in [0, 0.1) is 0 Å². The molecular weight excluding hydrogens is 266 g/mol. The number of nitrogens with one attached hydrogen (secondary N) is 1. The van der Waals surface area contributed by atoms with Crippen molar-refractivity contribution in [2.75, 3.05) is 37.8 Å². The average Bonchev–Trinajstić information content (AvgIpc) is 2.91. The lowest BCUT2D eigenvalue weighted by Gasteiger charge is -2.11. The molecule has 0 bridgehead atoms. The lowest BCUT2D eigenvalue weighted by Crippen LogP contribution is -2.31. The van der Waals surface area contributed by atoms with Crippen LogP contribution in [0.3, 0.4) is 0 Å². The van der Waals surface area contributed by atoms with E-state index >= 15 is 0 Å². The van der Waals surface area contributed by atoms with Crippen LogP contribution in [0.1, 0.15) is 12.2 Å². The van der Waals surface area contributed by atoms with Crippen LogP contribution in [0.15, 0.2) is 22.8 Å². The van der Waals surface area contributed by atoms with Gasteiger partial charge in [0.1, 0.15) is 12.4 Å². The molecule has 110 valence electrons. The first-order valence-electron chi connectivity index (χ1n) is 6.50. The van der Waals surface area contributed by atoms with Crippen LogP contribution in [0.4, 0.5) is 0 Å². The first-order chi connectivity index (χ1) is 9.33. The summed E-state index contributed by atoms with van der Waals surface area (Å²) in [5, 5.41) is 21.4. The molecule has 0 spiro atoms. The van der Waals surface area contributed by atoms with Crippen LogP contribution in [-0.4, -0.2) is 54.1 Å². The Kier molecular flexibility index (Phi) is 9.84. The third kappa shape index (κ3) is 9.07. The predicted octanol–water partition coefficient (Wildman–Crippen LogP) is 0.862. The number of thioether (sulfide) groups is 1. The van der Waals surface area contributed by atoms with Crippen LogP contribution in [-0.2, 0) is 11.3 Å². The van der Waals surface area contributed by atoms with Crippen LogP contribution < -0.4 is 5.32 Å². The maximum atomic E-state index is 9.66. The van der Waals surface area contributed by atoms with Gasteiger partial charge in [-0.2, -0.15) is 11.8 Å². The van der Waals surface area contributed by atoms with E-state index in [9.17, 15) is 5.11 Å². The molecule has 19 heavy (non-hydrogen) atoms. The predicted molar refractivity (Wildman–Crippen MR) is 76.3 cm³/mol. The quantitative estimate of drug-likeness (QED) is 0.496. The van der Waals surface area contributed by atoms with E-state index in [0.717, 1.165) is 30.2 Å². The smallest absolute Gasteiger partial charge is 0.129 e. The number of aliphatic hydroxyl groups excluding tert-OH is 2. The second kappa shape index (κ2) is 11.3. The van der Waals surface area contributed by atoms with Crippen molar-refractivity contribution in [1.29, 1.82) is 0 Å². The van der Waals surface area contributed by atoms with Gasteiger partial charge >= 0.3 is 0 Å². The minimum atomic E-state index is -0.502. The summed E-state index contributed by atoms with van der Waals surface area (Å²) in [5.41, 5.74) is 0. The van der Waals surface area contributed by atoms with E-state index in [2.05, 4.69) is 5.32 Å². The Hall–Kier alpha value is -0.530. The summed E-state index contributed by atoms with van der Waals surface area (Å²) in [6, 6.07) is 3.65. The second-order valence-electron chi connectivity index (χ2n) is 4.14. The van der Waals surface area contributed by atoms with E-state index in [4.69, 9.17) is 14.3 Å². The highest BCUT2D eigenvalue weighted by atomic mass is 32.2. The van der Waals surface area contributed by atoms with Gasteiger partial charge in [-0.1, -0.05) is 0 Å². The second-order valence-corrected chi connectivity index (χ2v) is 5.37. The molecule has 0 fully saturated rings. The Labute approximate surface area is 118 Å². The number of hydrogen-bond donors (Lipinski definition) is 3. The summed E-state index contributed by atoms with van der Waals surface area (Å²) < 4.78 is 10.5. The number of aliphatic hydroxyl groups is 2. The van der Waals surface area contributed by atoms with Crippen LogP contribution in [0.25, 0.3) is 0 Å². The van der Waals surface area contributed by atoms with Crippen molar-refractivity contribution >= 4 is 11.8 Å². The van der Waals surface area contributed by atoms with Gasteiger partial charge in [0.2, 0.25) is 0 Å². The molecule has 0 aliphatic heterocycles. The lowest BCUT2D eigenvalue weighted by atomic mass is 10.4. The standard InChI is InChI=1S/C13H23NO4S/c15-5-2-7-19-8-4-14-9-12(16)10-17-11-13-3-1-6-18-13/h1,3,6,12,14-16H,2,4-5,7-11H2. The van der Waals surface area contributed by atoms with E-state index in [1.54, 1.807) is 18.0 Å². The molecule has 0 aliphatic carbocycles. The highest BCUT2D eigenvalue weighted by Crippen LogP contribution is 2.02. The Morgan fingerprint density at radius 2 is 2.32 bits per heavy atom. The third-order valence-electron chi connectivity index (χ3n) is 2.38. The van der Waals surface area contributed by atoms with Crippen LogP contribution in [0.5, 0.6) is 0 Å². The fraction of sp³-hybridized carbons (Fsp3) is 0.692. The molecule has 0 aromatic carbocycles. The first kappa shape index (κ1) is 16.5. The monoisotopic (exact) mass is 289 g/mol. The van der Waals surface area contributed by atoms with Gasteiger partial charge in [0.15, 0.2) is 0 Å². The molecule has 1 aromatic rings. The summed E-state index contributed by atoms with van der Waals surface area (Å²) in [5.74, 6) is 2.73. The van der Waals surface area contributed by atoms with Crippen molar-refractivity contribution < 1.29 is 19.4 Å². The summed E-state index contributed by atoms with van der Waals surface area (Å²) in [7, 11) is 0. The zero-order valence-electron chi connectivity index (χ0n) is 11.1. The molecule has 0 aliphatic rings. The molecule has 0 radical (unpaired) electrons. The van der Waals surface area contributed by atoms with E-state index < -0.39 is 6.10 Å². The number of furan rings is 1. The van der Waals surface area contributed by atoms with E-state index in [1.165, 1.54) is 0 Å². The highest BCUT2D eigenvalue weighted by Gasteiger charge is 2.04. The van der Waals surface area contributed by atoms with Gasteiger partial charge < -0.3 is 24.7 Å². The molecule has 0 amide bonds. The molecule has 0 saturated heterocycles. The molecule has 1 rings (SSSR count). The summed E-state index contributed by atoms with van der Waals surface area (Å²) in [6.45, 7) is 2.32. The zero-order chi connectivity index (χ0) is 13.8. The summed E-state index contributed by atoms with van der Waals surface area (Å²) in [4.78, 5) is 0. The number of hydrogen-bond acceptors (Lipinski definition) is 6. The fourth-order valence-corrected chi connectivity index (χ4v) is 2.26. The minimum Gasteiger partial charge on any atom is -0.467 e. The Bertz CT molecular complexity index is 295. The Morgan fingerprint density at radius 1 is 1.42 bits per heavy atom. The number of rotatable bonds is 12. The molecule has 1 atom stereocenters. The van der Waals surface area contributed by atoms with E-state index in [1.807, 2.05) is 12.1 Å². The van der Waals surface area contributed by atoms with Crippen LogP contribution >= 0.6 is 11.8 Å². The Balaban J connectivity index is 1.86. The van der Waals surface area contributed by atoms with Crippen molar-refractivity contribution in [3.05, 3.63) is 24.2 Å². The summed E-state index contributed by atoms with van der Waals surface area (Å²) in [6.07, 6.45) is 1.94. The SMILES string of the molecule is OCCCSCCNCC(O)COCc1ccco1. The van der Waals surface area contributed by atoms with Gasteiger partial charge in [-0.3, -0.25) is 0 Å². The fourth-order valence-electron chi connectivity index (χ4n) is 1.43. The molecule has 1 heterocycles. The minimum absolute atomic E-state index is 0.256. The summed E-state index contributed by atoms with van der Waals surface area (Å²) >= 11 is 1.80. The average molecular weight is 289 g/mol. The zero-order valence-corrected chi connectivity index (χ0v) is 11.9. The maximum absolute atomic E-state index is 9.66. The van der Waals surface area contributed by atoms with Crippen molar-refractivity contribution in [2.45, 2.75) is 19.1 Å². The van der Waals surface area contributed by atoms with Gasteiger partial charge in [-0.25, -0.2) is 0 Å². The van der Waals surface area contributed by atoms with Crippen molar-refractivity contribution in [3.8, 4) is 0 Å². The normalized spacial score (nSPS) is 12.7. The van der Waals surface area contributed by atoms with Gasteiger partial charge in [0.25, 0.3) is 0 Å². The van der Waals surface area contributed by atoms with E-state index in [-0.39, 0.29) is 6.61 Å². The van der Waals surface area contributed by atoms with E-state index in [0.29, 0.717) is 19.8 Å². The molecule has 6 heteroatoms. The van der Waals surface area contributed by atoms with Gasteiger partial charge in [-0.15, -0.1) is 0 Å². The molecule has 5 nitrogen and oxygen atoms in total. The van der Waals surface area contributed by atoms with Crippen molar-refractivity contribution in [2.24, 2.45) is 0 Å². The third-order valence-corrected chi connectivity index (χ3v) is 3.45. The molecule has 1 unspecified atom stereocenters. The largest absolute Gasteiger partial charge is 0.467 e. The highest BCUT2D eigenvalue weighted by molar-refractivity contribution is 7.99. The maximum Gasteiger partial charge on any atom is 0.129 e. The van der Waals surface area contributed by atoms with Gasteiger partial charge in [0.05, 0.1) is 19.0 Å². The lowest BCUT2D eigenvalue weighted by molar-refractivity contribution is 0.0229. The van der Waals surface area contributed by atoms with Crippen molar-refractivity contribution in [1.82, 2.24) is 5.32 Å². The number of ether oxygens (including phenoxy) is 1.